The quantitative estimate of drug-likeness (QED) is 0.0244. The second-order valence-electron chi connectivity index (χ2n) is 21.1. The number of nitrogens with one attached hydrogen (secondary N) is 2. The number of esters is 2. The van der Waals surface area contributed by atoms with E-state index < -0.39 is 104 Å². The number of ketones is 1. The molecule has 436 valence electrons. The second kappa shape index (κ2) is 46.4. The van der Waals surface area contributed by atoms with Gasteiger partial charge in [-0.3, -0.25) is 38.9 Å². The summed E-state index contributed by atoms with van der Waals surface area (Å²) in [5.41, 5.74) is 0. The van der Waals surface area contributed by atoms with Gasteiger partial charge in [0, 0.05) is 25.7 Å². The van der Waals surface area contributed by atoms with Crippen LogP contribution in [0.2, 0.25) is 0 Å². The molecule has 1 rings (SSSR count). The Hall–Kier alpha value is -3.67. The Kier molecular flexibility index (Phi) is 42.9. The zero-order valence-corrected chi connectivity index (χ0v) is 46.8. The predicted molar refractivity (Wildman–Crippen MR) is 289 cm³/mol. The standard InChI is InChI=1S/C58H104N2O15/c1-4-7-10-13-16-19-22-25-28-31-34-37-49(62)60-54-56(75-53(69)38-35-32-29-26-23-20-17-14-11-8-5-2)55(70)48(74-58(54)73-46(41-51(65)66)42-52(67)68)44-72-57(71)47(39-40-50(63)64)59-43-45(61)36-33-30-27-24-21-18-15-12-9-6-3/h46-48,54-56,58-59,70H,4-44H2,1-3H3,(H,60,62)(H,63,64)(H,65,66)(H,67,68)/t47?,48-,54-,55-,56-,58+/m1/s1. The lowest BCUT2D eigenvalue weighted by atomic mass is 9.95. The third-order valence-corrected chi connectivity index (χ3v) is 14.1. The van der Waals surface area contributed by atoms with Crippen molar-refractivity contribution in [3.8, 4) is 0 Å². The molecule has 1 aliphatic rings. The minimum atomic E-state index is -1.75. The third kappa shape index (κ3) is 37.7. The molecule has 1 amide bonds. The van der Waals surface area contributed by atoms with E-state index in [1.54, 1.807) is 0 Å². The Morgan fingerprint density at radius 3 is 1.36 bits per heavy atom. The minimum Gasteiger partial charge on any atom is -0.481 e. The number of carboxylic acid groups (broad SMARTS) is 3. The van der Waals surface area contributed by atoms with Crippen molar-refractivity contribution in [2.45, 2.75) is 314 Å². The zero-order valence-electron chi connectivity index (χ0n) is 46.8. The van der Waals surface area contributed by atoms with Gasteiger partial charge in [0.1, 0.15) is 36.7 Å². The molecule has 0 radical (unpaired) electrons. The molecule has 1 fully saturated rings. The fourth-order valence-electron chi connectivity index (χ4n) is 9.53. The smallest absolute Gasteiger partial charge is 0.323 e. The van der Waals surface area contributed by atoms with Gasteiger partial charge < -0.3 is 44.7 Å². The molecule has 75 heavy (non-hydrogen) atoms. The van der Waals surface area contributed by atoms with Crippen molar-refractivity contribution < 1.29 is 72.9 Å². The van der Waals surface area contributed by atoms with Crippen molar-refractivity contribution in [2.75, 3.05) is 13.2 Å². The number of amides is 1. The van der Waals surface area contributed by atoms with Crippen LogP contribution in [0.1, 0.15) is 271 Å². The molecule has 0 aromatic rings. The summed E-state index contributed by atoms with van der Waals surface area (Å²) in [6, 6.07) is -2.67. The number of ether oxygens (including phenoxy) is 4. The van der Waals surface area contributed by atoms with Crippen LogP contribution in [0, 0.1) is 0 Å². The Labute approximate surface area is 450 Å². The van der Waals surface area contributed by atoms with Crippen molar-refractivity contribution in [3.63, 3.8) is 0 Å². The average Bonchev–Trinajstić information content (AvgIpc) is 3.36. The largest absolute Gasteiger partial charge is 0.481 e. The molecule has 0 saturated carbocycles. The summed E-state index contributed by atoms with van der Waals surface area (Å²) in [5.74, 6) is -6.21. The molecule has 1 saturated heterocycles. The molecule has 17 nitrogen and oxygen atoms in total. The van der Waals surface area contributed by atoms with Crippen LogP contribution >= 0.6 is 0 Å². The molecule has 0 bridgehead atoms. The maximum absolute atomic E-state index is 13.6. The van der Waals surface area contributed by atoms with Crippen LogP contribution in [-0.4, -0.2) is 118 Å². The molecule has 6 N–H and O–H groups in total. The summed E-state index contributed by atoms with van der Waals surface area (Å²) in [4.78, 5) is 89.1. The second-order valence-corrected chi connectivity index (χ2v) is 21.1. The molecule has 0 spiro atoms. The van der Waals surface area contributed by atoms with E-state index in [0.29, 0.717) is 19.3 Å². The van der Waals surface area contributed by atoms with E-state index in [1.807, 2.05) is 0 Å². The topological polar surface area (TPSA) is 261 Å². The van der Waals surface area contributed by atoms with Crippen molar-refractivity contribution in [1.29, 1.82) is 0 Å². The Morgan fingerprint density at radius 1 is 0.520 bits per heavy atom. The Morgan fingerprint density at radius 2 is 0.933 bits per heavy atom. The van der Waals surface area contributed by atoms with Crippen LogP contribution in [0.15, 0.2) is 0 Å². The van der Waals surface area contributed by atoms with Gasteiger partial charge in [-0.2, -0.15) is 0 Å². The summed E-state index contributed by atoms with van der Waals surface area (Å²) in [6.45, 7) is 5.67. The summed E-state index contributed by atoms with van der Waals surface area (Å²) < 4.78 is 23.7. The normalized spacial score (nSPS) is 17.9. The number of aliphatic carboxylic acids is 3. The van der Waals surface area contributed by atoms with Crippen LogP contribution in [0.5, 0.6) is 0 Å². The van der Waals surface area contributed by atoms with E-state index in [2.05, 4.69) is 31.4 Å². The molecule has 6 atom stereocenters. The summed E-state index contributed by atoms with van der Waals surface area (Å²) in [7, 11) is 0. The fourth-order valence-corrected chi connectivity index (χ4v) is 9.53. The number of aliphatic hydroxyl groups is 1. The predicted octanol–water partition coefficient (Wildman–Crippen LogP) is 11.5. The number of carbonyl (C=O) groups is 7. The molecule has 0 aliphatic carbocycles. The molecule has 1 unspecified atom stereocenters. The zero-order chi connectivity index (χ0) is 55.3. The number of unbranched alkanes of at least 4 members (excludes halogenated alkanes) is 29. The van der Waals surface area contributed by atoms with Gasteiger partial charge in [0.25, 0.3) is 0 Å². The van der Waals surface area contributed by atoms with Crippen molar-refractivity contribution in [3.05, 3.63) is 0 Å². The van der Waals surface area contributed by atoms with E-state index in [4.69, 9.17) is 18.9 Å². The van der Waals surface area contributed by atoms with Crippen LogP contribution in [0.25, 0.3) is 0 Å². The molecule has 0 aromatic carbocycles. The fraction of sp³-hybridized carbons (Fsp3) is 0.879. The highest BCUT2D eigenvalue weighted by atomic mass is 16.7. The van der Waals surface area contributed by atoms with E-state index in [1.165, 1.54) is 109 Å². The van der Waals surface area contributed by atoms with Crippen LogP contribution in [0.4, 0.5) is 0 Å². The van der Waals surface area contributed by atoms with Gasteiger partial charge in [-0.1, -0.05) is 207 Å². The molecular formula is C58H104N2O15. The van der Waals surface area contributed by atoms with Gasteiger partial charge in [0.05, 0.1) is 25.5 Å². The molecule has 0 aromatic heterocycles. The number of rotatable bonds is 52. The third-order valence-electron chi connectivity index (χ3n) is 14.1. The number of carboxylic acids is 3. The highest BCUT2D eigenvalue weighted by Crippen LogP contribution is 2.29. The molecular weight excluding hydrogens is 965 g/mol. The van der Waals surface area contributed by atoms with E-state index in [0.717, 1.165) is 77.0 Å². The average molecular weight is 1070 g/mol. The highest BCUT2D eigenvalue weighted by molar-refractivity contribution is 5.82. The first kappa shape index (κ1) is 69.3. The molecule has 1 heterocycles. The van der Waals surface area contributed by atoms with Crippen molar-refractivity contribution in [1.82, 2.24) is 10.6 Å². The number of carbonyl (C=O) groups excluding carboxylic acids is 4. The van der Waals surface area contributed by atoms with Gasteiger partial charge in [-0.05, 0) is 25.7 Å². The van der Waals surface area contributed by atoms with Crippen LogP contribution < -0.4 is 10.6 Å². The van der Waals surface area contributed by atoms with Gasteiger partial charge in [0.2, 0.25) is 5.91 Å². The number of Topliss-reactive ketones (excluding diaryl/α,β-unsaturated/α-hetero) is 1. The minimum absolute atomic E-state index is 0.0127. The molecule has 17 heteroatoms. The van der Waals surface area contributed by atoms with Gasteiger partial charge >= 0.3 is 29.8 Å². The van der Waals surface area contributed by atoms with E-state index >= 15 is 0 Å². The lowest BCUT2D eigenvalue weighted by molar-refractivity contribution is -0.286. The Bertz CT molecular complexity index is 1510. The summed E-state index contributed by atoms with van der Waals surface area (Å²) in [5, 5.41) is 46.4. The molecule has 1 aliphatic heterocycles. The first-order chi connectivity index (χ1) is 36.2. The maximum Gasteiger partial charge on any atom is 0.323 e. The number of aliphatic hydroxyl groups excluding tert-OH is 1. The van der Waals surface area contributed by atoms with Gasteiger partial charge in [-0.25, -0.2) is 0 Å². The summed E-state index contributed by atoms with van der Waals surface area (Å²) in [6.07, 6.45) is 24.6. The maximum atomic E-state index is 13.6. The van der Waals surface area contributed by atoms with Gasteiger partial charge in [-0.15, -0.1) is 0 Å². The van der Waals surface area contributed by atoms with E-state index in [-0.39, 0.29) is 38.0 Å². The summed E-state index contributed by atoms with van der Waals surface area (Å²) >= 11 is 0. The number of hydrogen-bond acceptors (Lipinski definition) is 13. The van der Waals surface area contributed by atoms with Gasteiger partial charge in [0.15, 0.2) is 12.4 Å². The van der Waals surface area contributed by atoms with Crippen LogP contribution in [-0.2, 0) is 52.5 Å². The Balaban J connectivity index is 3.21. The first-order valence-corrected chi connectivity index (χ1v) is 29.8. The lowest BCUT2D eigenvalue weighted by Crippen LogP contribution is -2.66. The number of hydrogen-bond donors (Lipinski definition) is 6. The van der Waals surface area contributed by atoms with E-state index in [9.17, 15) is 54.0 Å². The van der Waals surface area contributed by atoms with Crippen molar-refractivity contribution in [2.24, 2.45) is 0 Å². The van der Waals surface area contributed by atoms with Crippen LogP contribution in [0.3, 0.4) is 0 Å². The first-order valence-electron chi connectivity index (χ1n) is 29.8. The monoisotopic (exact) mass is 1070 g/mol. The lowest BCUT2D eigenvalue weighted by Gasteiger charge is -2.44. The highest BCUT2D eigenvalue weighted by Gasteiger charge is 2.50. The SMILES string of the molecule is CCCCCCCCCCCCCC(=O)N[C@H]1[C@@H](OC(CC(=O)O)CC(=O)O)O[C@H](COC(=O)C(CCC(=O)O)NCC(=O)CCCCCCCCCCCC)[C@@H](O)[C@@H]1OC(=O)CCCCCCCCCCCCC. The van der Waals surface area contributed by atoms with Crippen molar-refractivity contribution >= 4 is 41.5 Å².